The fourth-order valence-corrected chi connectivity index (χ4v) is 5.20. The molecule has 8 heteroatoms. The molecule has 2 N–H and O–H groups in total. The second-order valence-corrected chi connectivity index (χ2v) is 10.7. The van der Waals surface area contributed by atoms with Crippen molar-refractivity contribution in [2.24, 2.45) is 0 Å². The Morgan fingerprint density at radius 3 is 2.22 bits per heavy atom. The first-order valence-corrected chi connectivity index (χ1v) is 13.2. The van der Waals surface area contributed by atoms with Crippen LogP contribution in [-0.2, 0) is 32.5 Å². The lowest BCUT2D eigenvalue weighted by Crippen LogP contribution is -2.42. The summed E-state index contributed by atoms with van der Waals surface area (Å²) in [5.41, 5.74) is 4.48. The first-order valence-electron chi connectivity index (χ1n) is 11.8. The van der Waals surface area contributed by atoms with Gasteiger partial charge >= 0.3 is 5.97 Å². The number of nitrogens with one attached hydrogen (secondary N) is 2. The third-order valence-corrected chi connectivity index (χ3v) is 7.34. The zero-order chi connectivity index (χ0) is 26.4. The summed E-state index contributed by atoms with van der Waals surface area (Å²) in [7, 11) is 1.30. The van der Waals surface area contributed by atoms with Gasteiger partial charge in [0.1, 0.15) is 6.04 Å². The maximum absolute atomic E-state index is 13.1. The van der Waals surface area contributed by atoms with Crippen molar-refractivity contribution >= 4 is 26.9 Å². The van der Waals surface area contributed by atoms with E-state index in [0.29, 0.717) is 5.56 Å². The van der Waals surface area contributed by atoms with E-state index in [-0.39, 0.29) is 11.3 Å². The van der Waals surface area contributed by atoms with Crippen LogP contribution in [-0.4, -0.2) is 51.5 Å². The smallest absolute Gasteiger partial charge is 0.324 e. The van der Waals surface area contributed by atoms with Gasteiger partial charge in [-0.2, -0.15) is 4.72 Å². The van der Waals surface area contributed by atoms with Crippen molar-refractivity contribution < 1.29 is 17.9 Å². The van der Waals surface area contributed by atoms with Gasteiger partial charge in [0.15, 0.2) is 0 Å². The Balaban J connectivity index is 1.48. The van der Waals surface area contributed by atoms with Crippen LogP contribution in [0.15, 0.2) is 83.9 Å². The minimum absolute atomic E-state index is 0.0407. The average Bonchev–Trinajstić information content (AvgIpc) is 3.30. The molecule has 1 heterocycles. The number of sulfonamides is 1. The van der Waals surface area contributed by atoms with Crippen LogP contribution in [0.5, 0.6) is 0 Å². The molecule has 0 aliphatic rings. The summed E-state index contributed by atoms with van der Waals surface area (Å²) in [6.45, 7) is 0.857. The van der Waals surface area contributed by atoms with Crippen molar-refractivity contribution in [3.8, 4) is 11.8 Å². The number of nitrogens with zero attached hydrogens (tertiary/aromatic N) is 1. The van der Waals surface area contributed by atoms with Crippen molar-refractivity contribution in [3.63, 3.8) is 0 Å². The van der Waals surface area contributed by atoms with Crippen molar-refractivity contribution in [3.05, 3.63) is 101 Å². The highest BCUT2D eigenvalue weighted by atomic mass is 32.2. The number of esters is 1. The van der Waals surface area contributed by atoms with Crippen molar-refractivity contribution in [1.82, 2.24) is 14.6 Å². The lowest BCUT2D eigenvalue weighted by Gasteiger charge is -2.16. The Labute approximate surface area is 217 Å². The summed E-state index contributed by atoms with van der Waals surface area (Å²) >= 11 is 0. The highest BCUT2D eigenvalue weighted by Gasteiger charge is 2.27. The second kappa shape index (κ2) is 11.4. The van der Waals surface area contributed by atoms with Gasteiger partial charge in [-0.3, -0.25) is 4.79 Å². The number of rotatable bonds is 8. The molecule has 0 aliphatic carbocycles. The average molecular weight is 516 g/mol. The Morgan fingerprint density at radius 1 is 0.973 bits per heavy atom. The van der Waals surface area contributed by atoms with Gasteiger partial charge in [0.25, 0.3) is 0 Å². The fraction of sp³-hybridized carbons (Fsp3) is 0.207. The summed E-state index contributed by atoms with van der Waals surface area (Å²) in [4.78, 5) is 17.7. The van der Waals surface area contributed by atoms with Gasteiger partial charge in [-0.15, -0.1) is 0 Å². The minimum Gasteiger partial charge on any atom is -0.468 e. The third kappa shape index (κ3) is 6.66. The lowest BCUT2D eigenvalue weighted by atomic mass is 10.1. The van der Waals surface area contributed by atoms with Crippen LogP contribution in [0, 0.1) is 11.8 Å². The normalized spacial score (nSPS) is 12.2. The van der Waals surface area contributed by atoms with Gasteiger partial charge in [-0.1, -0.05) is 42.2 Å². The van der Waals surface area contributed by atoms with E-state index in [0.717, 1.165) is 28.6 Å². The molecule has 4 rings (SSSR count). The number of carbonyl (C=O) groups is 1. The number of ether oxygens (including phenoxy) is 1. The number of benzene rings is 3. The van der Waals surface area contributed by atoms with Crippen molar-refractivity contribution in [2.45, 2.75) is 23.9 Å². The van der Waals surface area contributed by atoms with Crippen molar-refractivity contribution in [1.29, 1.82) is 0 Å². The molecule has 0 unspecified atom stereocenters. The van der Waals surface area contributed by atoms with E-state index >= 15 is 0 Å². The number of aromatic nitrogens is 1. The quantitative estimate of drug-likeness (QED) is 0.276. The number of fused-ring (bicyclic) bond motifs is 1. The number of aromatic amines is 1. The zero-order valence-corrected chi connectivity index (χ0v) is 21.8. The van der Waals surface area contributed by atoms with Gasteiger partial charge in [0, 0.05) is 41.2 Å². The summed E-state index contributed by atoms with van der Waals surface area (Å²) in [5, 5.41) is 0.922. The molecule has 0 fully saturated rings. The maximum Gasteiger partial charge on any atom is 0.324 e. The van der Waals surface area contributed by atoms with Gasteiger partial charge in [-0.25, -0.2) is 8.42 Å². The molecule has 37 heavy (non-hydrogen) atoms. The van der Waals surface area contributed by atoms with Crippen molar-refractivity contribution in [2.75, 3.05) is 21.2 Å². The summed E-state index contributed by atoms with van der Waals surface area (Å²) in [5.74, 6) is 5.50. The van der Waals surface area contributed by atoms with Crippen LogP contribution >= 0.6 is 0 Å². The molecule has 0 radical (unpaired) electrons. The molecular formula is C29H29N3O4S. The van der Waals surface area contributed by atoms with E-state index in [2.05, 4.69) is 26.4 Å². The first-order chi connectivity index (χ1) is 17.7. The molecule has 0 aliphatic heterocycles. The minimum atomic E-state index is -3.98. The fourth-order valence-electron chi connectivity index (χ4n) is 4.01. The summed E-state index contributed by atoms with van der Waals surface area (Å²) in [6.07, 6.45) is 1.92. The molecule has 1 atom stereocenters. The Morgan fingerprint density at radius 2 is 1.59 bits per heavy atom. The molecule has 190 valence electrons. The summed E-state index contributed by atoms with van der Waals surface area (Å²) in [6, 6.07) is 20.8. The van der Waals surface area contributed by atoms with Gasteiger partial charge in [0.2, 0.25) is 10.0 Å². The lowest BCUT2D eigenvalue weighted by molar-refractivity contribution is -0.142. The van der Waals surface area contributed by atoms with Gasteiger partial charge < -0.3 is 14.6 Å². The molecule has 3 aromatic carbocycles. The van der Waals surface area contributed by atoms with Crippen LogP contribution in [0.25, 0.3) is 10.9 Å². The number of hydrogen-bond acceptors (Lipinski definition) is 5. The monoisotopic (exact) mass is 515 g/mol. The molecule has 0 spiro atoms. The van der Waals surface area contributed by atoms with E-state index in [1.54, 1.807) is 18.3 Å². The van der Waals surface area contributed by atoms with E-state index in [1.807, 2.05) is 62.6 Å². The molecule has 0 saturated heterocycles. The van der Waals surface area contributed by atoms with Crippen LogP contribution < -0.4 is 4.72 Å². The second-order valence-electron chi connectivity index (χ2n) is 8.97. The van der Waals surface area contributed by atoms with Crippen LogP contribution in [0.4, 0.5) is 0 Å². The Bertz CT molecular complexity index is 1540. The Kier molecular flexibility index (Phi) is 8.09. The molecule has 4 aromatic rings. The number of para-hydroxylation sites is 1. The molecule has 1 aromatic heterocycles. The third-order valence-electron chi connectivity index (χ3n) is 5.85. The van der Waals surface area contributed by atoms with E-state index in [1.165, 1.54) is 24.8 Å². The summed E-state index contributed by atoms with van der Waals surface area (Å²) < 4.78 is 33.6. The predicted molar refractivity (Wildman–Crippen MR) is 144 cm³/mol. The van der Waals surface area contributed by atoms with E-state index in [9.17, 15) is 13.2 Å². The van der Waals surface area contributed by atoms with Gasteiger partial charge in [0.05, 0.1) is 12.0 Å². The first kappa shape index (κ1) is 26.2. The predicted octanol–water partition coefficient (Wildman–Crippen LogP) is 3.69. The maximum atomic E-state index is 13.1. The molecule has 7 nitrogen and oxygen atoms in total. The molecular weight excluding hydrogens is 486 g/mol. The van der Waals surface area contributed by atoms with E-state index < -0.39 is 22.0 Å². The number of carbonyl (C=O) groups excluding carboxylic acids is 1. The van der Waals surface area contributed by atoms with Crippen LogP contribution in [0.1, 0.15) is 22.3 Å². The molecule has 0 bridgehead atoms. The number of methoxy groups -OCH3 is 1. The Hall–Kier alpha value is -3.90. The SMILES string of the molecule is COC(=O)[C@@H](Cc1c[nH]c2ccccc12)NS(=O)(=O)c1ccc(C#Cc2ccc(CN(C)C)cc2)cc1. The highest BCUT2D eigenvalue weighted by molar-refractivity contribution is 7.89. The zero-order valence-electron chi connectivity index (χ0n) is 21.0. The molecule has 0 amide bonds. The number of H-pyrrole nitrogens is 1. The topological polar surface area (TPSA) is 91.5 Å². The van der Waals surface area contributed by atoms with Crippen LogP contribution in [0.3, 0.4) is 0 Å². The van der Waals surface area contributed by atoms with Gasteiger partial charge in [-0.05, 0) is 67.7 Å². The largest absolute Gasteiger partial charge is 0.468 e. The standard InChI is InChI=1S/C29H29N3O4S/c1-32(2)20-23-12-10-21(11-13-23)8-9-22-14-16-25(17-15-22)37(34,35)31-28(29(33)36-3)18-24-19-30-27-7-5-4-6-26(24)27/h4-7,10-17,19,28,30-31H,18,20H2,1-3H3/t28-/m1/s1. The number of hydrogen-bond donors (Lipinski definition) is 2. The van der Waals surface area contributed by atoms with Crippen LogP contribution in [0.2, 0.25) is 0 Å². The highest BCUT2D eigenvalue weighted by Crippen LogP contribution is 2.20. The van der Waals surface area contributed by atoms with E-state index in [4.69, 9.17) is 4.74 Å². The molecule has 0 saturated carbocycles.